The quantitative estimate of drug-likeness (QED) is 0.257. The van der Waals surface area contributed by atoms with Crippen molar-refractivity contribution in [3.05, 3.63) is 34.5 Å². The highest BCUT2D eigenvalue weighted by molar-refractivity contribution is 6.29. The van der Waals surface area contributed by atoms with Crippen LogP contribution in [0.25, 0.3) is 0 Å². The van der Waals surface area contributed by atoms with Gasteiger partial charge < -0.3 is 32.1 Å². The van der Waals surface area contributed by atoms with Crippen LogP contribution in [0, 0.1) is 0 Å². The molecule has 0 aliphatic carbocycles. The number of nitrogens with two attached hydrogens (primary N) is 2. The summed E-state index contributed by atoms with van der Waals surface area (Å²) in [5.41, 5.74) is 11.0. The van der Waals surface area contributed by atoms with Crippen molar-refractivity contribution in [2.75, 3.05) is 37.8 Å². The van der Waals surface area contributed by atoms with Gasteiger partial charge in [-0.2, -0.15) is 0 Å². The van der Waals surface area contributed by atoms with E-state index in [1.165, 1.54) is 18.3 Å². The maximum Gasteiger partial charge on any atom is 0.237 e. The fourth-order valence-electron chi connectivity index (χ4n) is 1.46. The molecule has 138 valence electrons. The van der Waals surface area contributed by atoms with Gasteiger partial charge >= 0.3 is 0 Å². The molecule has 0 spiro atoms. The number of nitrogens with zero attached hydrogens (tertiary/aromatic N) is 6. The molecule has 0 fully saturated rings. The molecular formula is C12H19ClN8O4. The van der Waals surface area contributed by atoms with Gasteiger partial charge in [-0.15, -0.1) is 9.46 Å². The molecule has 8 N–H and O–H groups in total. The van der Waals surface area contributed by atoms with Crippen LogP contribution < -0.4 is 22.4 Å². The van der Waals surface area contributed by atoms with Crippen LogP contribution in [0.15, 0.2) is 28.3 Å². The topological polar surface area (TPSA) is 193 Å². The first-order chi connectivity index (χ1) is 11.9. The van der Waals surface area contributed by atoms with Gasteiger partial charge in [0.2, 0.25) is 11.9 Å². The van der Waals surface area contributed by atoms with Gasteiger partial charge in [0.05, 0.1) is 26.3 Å². The maximum atomic E-state index is 9.24. The van der Waals surface area contributed by atoms with Crippen molar-refractivity contribution < 1.29 is 20.6 Å². The fourth-order valence-corrected chi connectivity index (χ4v) is 1.64. The summed E-state index contributed by atoms with van der Waals surface area (Å²) in [7, 11) is 0. The van der Waals surface area contributed by atoms with Crippen LogP contribution in [0.3, 0.4) is 0 Å². The minimum Gasteiger partial charge on any atom is -0.423 e. The van der Waals surface area contributed by atoms with E-state index in [4.69, 9.17) is 33.3 Å². The standard InChI is InChI=1S/C6H9ClN4O2.C6H10N4O2/c7-4-3-5(9-1-2-12)11(13)6(8)10-4;7-6-9-2-1-5(10(6)12)8-3-4-11/h3,12-13H,1-2H2,(H2,8,10);1-2,11-12H,3-4H2,(H2,7,9). The number of hydrogen-bond acceptors (Lipinski definition) is 10. The number of aliphatic hydroxyl groups excluding tert-OH is 2. The molecule has 2 rings (SSSR count). The average Bonchev–Trinajstić information content (AvgIpc) is 2.58. The van der Waals surface area contributed by atoms with E-state index >= 15 is 0 Å². The molecule has 0 saturated carbocycles. The molecule has 12 nitrogen and oxygen atoms in total. The lowest BCUT2D eigenvalue weighted by molar-refractivity contribution is 0.174. The summed E-state index contributed by atoms with van der Waals surface area (Å²) < 4.78 is 1.26. The van der Waals surface area contributed by atoms with Gasteiger partial charge in [-0.3, -0.25) is 9.98 Å². The Morgan fingerprint density at radius 1 is 1.00 bits per heavy atom. The fraction of sp³-hybridized carbons (Fsp3) is 0.333. The van der Waals surface area contributed by atoms with Crippen LogP contribution in [0.4, 0.5) is 11.9 Å². The van der Waals surface area contributed by atoms with E-state index in [0.29, 0.717) is 9.46 Å². The van der Waals surface area contributed by atoms with Gasteiger partial charge in [0.25, 0.3) is 0 Å². The van der Waals surface area contributed by atoms with Crippen molar-refractivity contribution in [1.82, 2.24) is 19.4 Å². The third-order valence-electron chi connectivity index (χ3n) is 2.52. The molecule has 2 aromatic heterocycles. The molecule has 0 unspecified atom stereocenters. The summed E-state index contributed by atoms with van der Waals surface area (Å²) in [6.45, 7) is 0.215. The Bertz CT molecular complexity index is 819. The molecule has 0 amide bonds. The molecule has 0 aromatic carbocycles. The van der Waals surface area contributed by atoms with Gasteiger partial charge in [0, 0.05) is 18.3 Å². The molecule has 2 aromatic rings. The monoisotopic (exact) mass is 374 g/mol. The summed E-state index contributed by atoms with van der Waals surface area (Å²) in [6, 6.07) is 2.83. The van der Waals surface area contributed by atoms with Gasteiger partial charge in [0.1, 0.15) is 5.15 Å². The lowest BCUT2D eigenvalue weighted by Crippen LogP contribution is -2.23. The predicted molar refractivity (Wildman–Crippen MR) is 87.7 cm³/mol. The molecule has 0 aliphatic heterocycles. The largest absolute Gasteiger partial charge is 0.423 e. The van der Waals surface area contributed by atoms with Crippen molar-refractivity contribution >= 4 is 23.5 Å². The first-order valence-corrected chi connectivity index (χ1v) is 7.28. The lowest BCUT2D eigenvalue weighted by Gasteiger charge is -2.01. The van der Waals surface area contributed by atoms with Crippen molar-refractivity contribution in [3.8, 4) is 0 Å². The van der Waals surface area contributed by atoms with E-state index in [1.54, 1.807) is 0 Å². The van der Waals surface area contributed by atoms with Crippen LogP contribution in [0.1, 0.15) is 0 Å². The van der Waals surface area contributed by atoms with Gasteiger partial charge in [-0.1, -0.05) is 11.6 Å². The summed E-state index contributed by atoms with van der Waals surface area (Å²) in [5.74, 6) is -0.182. The molecule has 25 heavy (non-hydrogen) atoms. The van der Waals surface area contributed by atoms with Crippen LogP contribution >= 0.6 is 11.6 Å². The maximum absolute atomic E-state index is 9.24. The Morgan fingerprint density at radius 3 is 2.16 bits per heavy atom. The van der Waals surface area contributed by atoms with Crippen molar-refractivity contribution in [3.63, 3.8) is 0 Å². The summed E-state index contributed by atoms with van der Waals surface area (Å²) >= 11 is 5.56. The zero-order chi connectivity index (χ0) is 18.8. The summed E-state index contributed by atoms with van der Waals surface area (Å²) in [5, 5.41) is 35.5. The first kappa shape index (κ1) is 20.2. The summed E-state index contributed by atoms with van der Waals surface area (Å²) in [6.07, 6.45) is 1.43. The Labute approximate surface area is 146 Å². The van der Waals surface area contributed by atoms with Crippen LogP contribution in [0.5, 0.6) is 0 Å². The number of anilines is 2. The molecule has 0 atom stereocenters. The smallest absolute Gasteiger partial charge is 0.237 e. The Hall–Kier alpha value is -2.83. The Balaban J connectivity index is 0.000000251. The molecule has 0 radical (unpaired) electrons. The highest BCUT2D eigenvalue weighted by Crippen LogP contribution is 2.01. The third-order valence-corrected chi connectivity index (χ3v) is 2.71. The van der Waals surface area contributed by atoms with Crippen LogP contribution in [-0.2, 0) is 0 Å². The normalized spacial score (nSPS) is 12.0. The zero-order valence-corrected chi connectivity index (χ0v) is 13.8. The summed E-state index contributed by atoms with van der Waals surface area (Å²) in [4.78, 5) is 14.8. The number of aliphatic hydroxyl groups is 2. The SMILES string of the molecule is Nc1nc(Cl)cc(=NCCO)n1O.Nc1nccc(=NCCO)n1O. The minimum absolute atomic E-state index is 0.0332. The molecule has 0 bridgehead atoms. The zero-order valence-electron chi connectivity index (χ0n) is 13.1. The Morgan fingerprint density at radius 2 is 1.56 bits per heavy atom. The Kier molecular flexibility index (Phi) is 8.18. The van der Waals surface area contributed by atoms with E-state index in [9.17, 15) is 10.4 Å². The molecule has 0 saturated heterocycles. The van der Waals surface area contributed by atoms with Crippen LogP contribution in [0.2, 0.25) is 5.15 Å². The van der Waals surface area contributed by atoms with E-state index in [0.717, 1.165) is 0 Å². The number of aromatic nitrogens is 4. The van der Waals surface area contributed by atoms with Crippen molar-refractivity contribution in [2.24, 2.45) is 9.98 Å². The van der Waals surface area contributed by atoms with Gasteiger partial charge in [-0.25, -0.2) is 9.97 Å². The second-order valence-electron chi connectivity index (χ2n) is 4.29. The number of nitrogen functional groups attached to an aromatic ring is 2. The predicted octanol–water partition coefficient (Wildman–Crippen LogP) is -2.16. The van der Waals surface area contributed by atoms with Crippen molar-refractivity contribution in [2.45, 2.75) is 0 Å². The number of rotatable bonds is 4. The van der Waals surface area contributed by atoms with E-state index in [-0.39, 0.29) is 54.3 Å². The highest BCUT2D eigenvalue weighted by Gasteiger charge is 1.99. The second kappa shape index (κ2) is 10.1. The lowest BCUT2D eigenvalue weighted by atomic mass is 10.6. The minimum atomic E-state index is -0.149. The van der Waals surface area contributed by atoms with Crippen molar-refractivity contribution in [1.29, 1.82) is 0 Å². The molecular weight excluding hydrogens is 356 g/mol. The van der Waals surface area contributed by atoms with E-state index in [1.807, 2.05) is 0 Å². The molecule has 2 heterocycles. The number of hydrogen-bond donors (Lipinski definition) is 6. The van der Waals surface area contributed by atoms with E-state index in [2.05, 4.69) is 20.0 Å². The molecule has 13 heteroatoms. The number of halogens is 1. The average molecular weight is 375 g/mol. The second-order valence-corrected chi connectivity index (χ2v) is 4.68. The van der Waals surface area contributed by atoms with E-state index < -0.39 is 0 Å². The highest BCUT2D eigenvalue weighted by atomic mass is 35.5. The third kappa shape index (κ3) is 6.29. The van der Waals surface area contributed by atoms with Gasteiger partial charge in [0.15, 0.2) is 11.0 Å². The van der Waals surface area contributed by atoms with Crippen LogP contribution in [-0.4, -0.2) is 66.4 Å². The first-order valence-electron chi connectivity index (χ1n) is 6.90. The molecule has 0 aliphatic rings. The van der Waals surface area contributed by atoms with Gasteiger partial charge in [-0.05, 0) is 0 Å².